The van der Waals surface area contributed by atoms with Crippen LogP contribution in [0, 0.1) is 17.8 Å². The third-order valence-corrected chi connectivity index (χ3v) is 4.10. The topological polar surface area (TPSA) is 29.5 Å². The number of fused-ring (bicyclic) bond motifs is 2. The molecule has 0 radical (unpaired) electrons. The van der Waals surface area contributed by atoms with Crippen LogP contribution in [-0.2, 0) is 9.63 Å². The lowest BCUT2D eigenvalue weighted by Crippen LogP contribution is -2.39. The number of rotatable bonds is 4. The molecule has 0 spiro atoms. The number of nitrogens with zero attached hydrogens (tertiary/aromatic N) is 1. The molecule has 2 bridgehead atoms. The number of anilines is 1. The summed E-state index contributed by atoms with van der Waals surface area (Å²) in [4.78, 5) is 18.6. The molecule has 2 aliphatic carbocycles. The normalized spacial score (nSPS) is 27.2. The van der Waals surface area contributed by atoms with Crippen molar-refractivity contribution in [2.75, 3.05) is 5.06 Å². The van der Waals surface area contributed by atoms with Gasteiger partial charge in [-0.25, -0.2) is 0 Å². The summed E-state index contributed by atoms with van der Waals surface area (Å²) in [6.45, 7) is 3.90. The molecule has 0 heterocycles. The predicted molar refractivity (Wildman–Crippen MR) is 79.0 cm³/mol. The van der Waals surface area contributed by atoms with Gasteiger partial charge in [-0.3, -0.25) is 9.63 Å². The summed E-state index contributed by atoms with van der Waals surface area (Å²) >= 11 is 0. The average molecular weight is 271 g/mol. The number of hydrogen-bond donors (Lipinski definition) is 0. The Morgan fingerprint density at radius 2 is 1.95 bits per heavy atom. The maximum absolute atomic E-state index is 12.8. The highest BCUT2D eigenvalue weighted by Gasteiger charge is 2.42. The Morgan fingerprint density at radius 1 is 1.20 bits per heavy atom. The maximum Gasteiger partial charge on any atom is 0.254 e. The molecule has 1 amide bonds. The van der Waals surface area contributed by atoms with Gasteiger partial charge in [0.05, 0.1) is 11.8 Å². The lowest BCUT2D eigenvalue weighted by Gasteiger charge is -2.28. The first-order valence-electron chi connectivity index (χ1n) is 7.39. The quantitative estimate of drug-likeness (QED) is 0.619. The largest absolute Gasteiger partial charge is 0.272 e. The van der Waals surface area contributed by atoms with E-state index in [0.29, 0.717) is 11.8 Å². The molecule has 2 aliphatic rings. The molecule has 3 heteroatoms. The lowest BCUT2D eigenvalue weighted by atomic mass is 9.92. The van der Waals surface area contributed by atoms with Gasteiger partial charge in [-0.05, 0) is 50.7 Å². The third kappa shape index (κ3) is 2.50. The van der Waals surface area contributed by atoms with Crippen molar-refractivity contribution in [2.24, 2.45) is 17.8 Å². The van der Waals surface area contributed by atoms with Crippen molar-refractivity contribution in [1.82, 2.24) is 0 Å². The van der Waals surface area contributed by atoms with Crippen molar-refractivity contribution >= 4 is 11.6 Å². The molecule has 0 N–H and O–H groups in total. The van der Waals surface area contributed by atoms with E-state index in [4.69, 9.17) is 4.84 Å². The molecule has 0 aliphatic heterocycles. The van der Waals surface area contributed by atoms with Gasteiger partial charge in [0, 0.05) is 5.92 Å². The zero-order chi connectivity index (χ0) is 14.1. The second-order valence-electron chi connectivity index (χ2n) is 6.01. The molecule has 1 fully saturated rings. The minimum atomic E-state index is -0.0201. The predicted octanol–water partition coefficient (Wildman–Crippen LogP) is 3.57. The first kappa shape index (κ1) is 13.4. The number of amides is 1. The summed E-state index contributed by atoms with van der Waals surface area (Å²) in [5, 5.41) is 1.50. The Labute approximate surface area is 120 Å². The van der Waals surface area contributed by atoms with E-state index in [0.717, 1.165) is 18.5 Å². The van der Waals surface area contributed by atoms with Gasteiger partial charge in [0.25, 0.3) is 5.91 Å². The number of carbonyl (C=O) groups excluding carboxylic acids is 1. The fourth-order valence-electron chi connectivity index (χ4n) is 3.23. The van der Waals surface area contributed by atoms with Crippen LogP contribution in [0.4, 0.5) is 5.69 Å². The van der Waals surface area contributed by atoms with E-state index >= 15 is 0 Å². The van der Waals surface area contributed by atoms with Crippen LogP contribution in [0.25, 0.3) is 0 Å². The van der Waals surface area contributed by atoms with Crippen LogP contribution in [0.2, 0.25) is 0 Å². The van der Waals surface area contributed by atoms with Gasteiger partial charge in [0.1, 0.15) is 0 Å². The van der Waals surface area contributed by atoms with Gasteiger partial charge in [-0.15, -0.1) is 0 Å². The highest BCUT2D eigenvalue weighted by Crippen LogP contribution is 2.44. The van der Waals surface area contributed by atoms with Crippen LogP contribution in [0.15, 0.2) is 42.5 Å². The highest BCUT2D eigenvalue weighted by molar-refractivity contribution is 5.93. The monoisotopic (exact) mass is 271 g/mol. The summed E-state index contributed by atoms with van der Waals surface area (Å²) in [5.41, 5.74) is 0.818. The molecule has 0 saturated heterocycles. The van der Waals surface area contributed by atoms with Crippen LogP contribution in [0.1, 0.15) is 26.7 Å². The second-order valence-corrected chi connectivity index (χ2v) is 6.01. The number of para-hydroxylation sites is 1. The minimum Gasteiger partial charge on any atom is -0.272 e. The number of hydrogen-bond acceptors (Lipinski definition) is 2. The van der Waals surface area contributed by atoms with Gasteiger partial charge in [-0.2, -0.15) is 5.06 Å². The van der Waals surface area contributed by atoms with E-state index < -0.39 is 0 Å². The average Bonchev–Trinajstić information content (AvgIpc) is 3.07. The van der Waals surface area contributed by atoms with Crippen molar-refractivity contribution in [2.45, 2.75) is 32.8 Å². The molecule has 20 heavy (non-hydrogen) atoms. The molecule has 3 rings (SSSR count). The van der Waals surface area contributed by atoms with Crippen molar-refractivity contribution in [3.8, 4) is 0 Å². The smallest absolute Gasteiger partial charge is 0.254 e. The van der Waals surface area contributed by atoms with Crippen LogP contribution < -0.4 is 5.06 Å². The zero-order valence-electron chi connectivity index (χ0n) is 12.0. The van der Waals surface area contributed by atoms with Crippen molar-refractivity contribution in [3.63, 3.8) is 0 Å². The lowest BCUT2D eigenvalue weighted by molar-refractivity contribution is -0.132. The SMILES string of the molecule is CC(C)ON(C(=O)[C@H]1C[C@H]2C=C[C@@H]1C2)c1ccccc1. The molecule has 3 nitrogen and oxygen atoms in total. The van der Waals surface area contributed by atoms with E-state index in [1.807, 2.05) is 44.2 Å². The van der Waals surface area contributed by atoms with Gasteiger partial charge in [0.2, 0.25) is 0 Å². The van der Waals surface area contributed by atoms with E-state index in [9.17, 15) is 4.79 Å². The van der Waals surface area contributed by atoms with E-state index in [1.54, 1.807) is 0 Å². The second kappa shape index (κ2) is 5.41. The fraction of sp³-hybridized carbons (Fsp3) is 0.471. The molecule has 1 aromatic carbocycles. The van der Waals surface area contributed by atoms with Crippen LogP contribution in [0.5, 0.6) is 0 Å². The summed E-state index contributed by atoms with van der Waals surface area (Å²) in [5.74, 6) is 1.16. The summed E-state index contributed by atoms with van der Waals surface area (Å²) in [7, 11) is 0. The fourth-order valence-corrected chi connectivity index (χ4v) is 3.23. The van der Waals surface area contributed by atoms with E-state index in [1.165, 1.54) is 5.06 Å². The minimum absolute atomic E-state index is 0.0201. The molecule has 0 unspecified atom stereocenters. The Balaban J connectivity index is 1.82. The first-order chi connectivity index (χ1) is 9.65. The number of hydroxylamine groups is 1. The number of benzene rings is 1. The highest BCUT2D eigenvalue weighted by atomic mass is 16.7. The van der Waals surface area contributed by atoms with E-state index in [2.05, 4.69) is 12.2 Å². The summed E-state index contributed by atoms with van der Waals surface area (Å²) in [6.07, 6.45) is 6.53. The standard InChI is InChI=1S/C17H21NO2/c1-12(2)20-18(15-6-4-3-5-7-15)17(19)16-11-13-8-9-14(16)10-13/h3-9,12-14,16H,10-11H2,1-2H3/t13-,14+,16-/m0/s1. The molecule has 3 atom stereocenters. The molecule has 106 valence electrons. The Kier molecular flexibility index (Phi) is 3.62. The summed E-state index contributed by atoms with van der Waals surface area (Å²) < 4.78 is 0. The maximum atomic E-state index is 12.8. The molecule has 1 saturated carbocycles. The van der Waals surface area contributed by atoms with Crippen LogP contribution in [0.3, 0.4) is 0 Å². The third-order valence-electron chi connectivity index (χ3n) is 4.10. The van der Waals surface area contributed by atoms with Crippen LogP contribution in [-0.4, -0.2) is 12.0 Å². The Hall–Kier alpha value is -1.61. The molecule has 1 aromatic rings. The Morgan fingerprint density at radius 3 is 2.50 bits per heavy atom. The van der Waals surface area contributed by atoms with Gasteiger partial charge in [0.15, 0.2) is 0 Å². The summed E-state index contributed by atoms with van der Waals surface area (Å²) in [6, 6.07) is 9.65. The first-order valence-corrected chi connectivity index (χ1v) is 7.39. The van der Waals surface area contributed by atoms with Gasteiger partial charge >= 0.3 is 0 Å². The van der Waals surface area contributed by atoms with Crippen molar-refractivity contribution < 1.29 is 9.63 Å². The van der Waals surface area contributed by atoms with Crippen LogP contribution >= 0.6 is 0 Å². The zero-order valence-corrected chi connectivity index (χ0v) is 12.0. The van der Waals surface area contributed by atoms with Gasteiger partial charge < -0.3 is 0 Å². The van der Waals surface area contributed by atoms with Gasteiger partial charge in [-0.1, -0.05) is 30.4 Å². The number of allylic oxidation sites excluding steroid dienone is 2. The van der Waals surface area contributed by atoms with Crippen molar-refractivity contribution in [1.29, 1.82) is 0 Å². The molecular formula is C17H21NO2. The molecule has 0 aromatic heterocycles. The van der Waals surface area contributed by atoms with E-state index in [-0.39, 0.29) is 17.9 Å². The van der Waals surface area contributed by atoms with Crippen molar-refractivity contribution in [3.05, 3.63) is 42.5 Å². The Bertz CT molecular complexity index is 509. The number of carbonyl (C=O) groups is 1. The molecular weight excluding hydrogens is 250 g/mol.